The Kier molecular flexibility index (Phi) is 3.60. The van der Waals surface area contributed by atoms with Crippen LogP contribution in [0.1, 0.15) is 30.3 Å². The zero-order valence-corrected chi connectivity index (χ0v) is 13.1. The summed E-state index contributed by atoms with van der Waals surface area (Å²) in [5.41, 5.74) is 0.955. The molecule has 9 heteroatoms. The summed E-state index contributed by atoms with van der Waals surface area (Å²) in [6.07, 6.45) is 6.97. The Bertz CT molecular complexity index is 992. The largest absolute Gasteiger partial charge is 0.332 e. The molecule has 122 valence electrons. The molecule has 0 bridgehead atoms. The lowest BCUT2D eigenvalue weighted by Crippen LogP contribution is -2.17. The van der Waals surface area contributed by atoms with Gasteiger partial charge in [0.15, 0.2) is 17.8 Å². The first-order chi connectivity index (χ1) is 12.3. The van der Waals surface area contributed by atoms with Crippen LogP contribution >= 0.6 is 0 Å². The van der Waals surface area contributed by atoms with Gasteiger partial charge in [0.1, 0.15) is 17.8 Å². The van der Waals surface area contributed by atoms with Crippen molar-refractivity contribution in [3.8, 4) is 29.7 Å². The molecule has 1 fully saturated rings. The van der Waals surface area contributed by atoms with Crippen LogP contribution in [0, 0.1) is 22.8 Å². The topological polar surface area (TPSA) is 120 Å². The highest BCUT2D eigenvalue weighted by Gasteiger charge is 2.29. The number of likely N-dealkylation sites (tertiary alicyclic amines) is 1. The molecule has 1 saturated heterocycles. The number of rotatable bonds is 3. The molecule has 0 radical (unpaired) electrons. The second kappa shape index (κ2) is 6.06. The predicted octanol–water partition coefficient (Wildman–Crippen LogP) is 1.81. The normalized spacial score (nSPS) is 16.6. The number of hydrogen-bond acceptors (Lipinski definition) is 8. The quantitative estimate of drug-likeness (QED) is 0.666. The van der Waals surface area contributed by atoms with E-state index < -0.39 is 0 Å². The predicted molar refractivity (Wildman–Crippen MR) is 83.7 cm³/mol. The van der Waals surface area contributed by atoms with Crippen LogP contribution in [0.2, 0.25) is 0 Å². The molecule has 1 atom stereocenters. The van der Waals surface area contributed by atoms with Crippen LogP contribution in [-0.2, 0) is 0 Å². The molecular weight excluding hydrogens is 320 g/mol. The zero-order valence-electron chi connectivity index (χ0n) is 13.1. The van der Waals surface area contributed by atoms with Gasteiger partial charge in [0.2, 0.25) is 0 Å². The number of nitriles is 2. The third-order valence-electron chi connectivity index (χ3n) is 4.02. The summed E-state index contributed by atoms with van der Waals surface area (Å²) >= 11 is 0. The lowest BCUT2D eigenvalue weighted by molar-refractivity contribution is 0.339. The molecule has 3 aromatic rings. The zero-order chi connectivity index (χ0) is 17.2. The Balaban J connectivity index is 1.64. The lowest BCUT2D eigenvalue weighted by atomic mass is 10.2. The maximum absolute atomic E-state index is 9.15. The maximum atomic E-state index is 9.15. The minimum absolute atomic E-state index is 0.144. The van der Waals surface area contributed by atoms with E-state index in [0.29, 0.717) is 29.4 Å². The maximum Gasteiger partial charge on any atom is 0.276 e. The lowest BCUT2D eigenvalue weighted by Gasteiger charge is -2.13. The smallest absolute Gasteiger partial charge is 0.276 e. The first-order valence-electron chi connectivity index (χ1n) is 7.71. The van der Waals surface area contributed by atoms with Gasteiger partial charge in [-0.3, -0.25) is 4.90 Å². The molecule has 0 aliphatic carbocycles. The minimum atomic E-state index is -0.144. The Labute approximate surface area is 142 Å². The molecule has 0 saturated carbocycles. The van der Waals surface area contributed by atoms with Crippen molar-refractivity contribution in [2.45, 2.75) is 18.9 Å². The van der Waals surface area contributed by atoms with Gasteiger partial charge in [0.25, 0.3) is 5.89 Å². The summed E-state index contributed by atoms with van der Waals surface area (Å²) < 4.78 is 6.84. The second-order valence-corrected chi connectivity index (χ2v) is 5.58. The summed E-state index contributed by atoms with van der Waals surface area (Å²) in [5, 5.41) is 26.2. The molecule has 0 unspecified atom stereocenters. The molecule has 1 aliphatic rings. The van der Waals surface area contributed by atoms with Gasteiger partial charge in [-0.05, 0) is 25.0 Å². The molecule has 25 heavy (non-hydrogen) atoms. The van der Waals surface area contributed by atoms with E-state index in [-0.39, 0.29) is 11.9 Å². The van der Waals surface area contributed by atoms with Crippen molar-refractivity contribution >= 4 is 0 Å². The van der Waals surface area contributed by atoms with Gasteiger partial charge in [-0.15, -0.1) is 0 Å². The van der Waals surface area contributed by atoms with E-state index in [4.69, 9.17) is 15.0 Å². The summed E-state index contributed by atoms with van der Waals surface area (Å²) in [6.45, 7) is 0.708. The molecule has 0 amide bonds. The molecule has 9 nitrogen and oxygen atoms in total. The highest BCUT2D eigenvalue weighted by molar-refractivity contribution is 5.48. The SMILES string of the molecule is N#Cc1cnn(-c2cccc(-c3nc([C@@H]4CCCN4C#N)no3)n2)c1. The third kappa shape index (κ3) is 2.68. The van der Waals surface area contributed by atoms with Crippen LogP contribution in [-0.4, -0.2) is 36.3 Å². The van der Waals surface area contributed by atoms with E-state index in [9.17, 15) is 0 Å². The number of nitrogens with zero attached hydrogens (tertiary/aromatic N) is 8. The van der Waals surface area contributed by atoms with Crippen molar-refractivity contribution in [1.29, 1.82) is 10.5 Å². The average Bonchev–Trinajstić information content (AvgIpc) is 3.41. The van der Waals surface area contributed by atoms with Gasteiger partial charge in [-0.2, -0.15) is 20.6 Å². The number of pyridine rings is 1. The van der Waals surface area contributed by atoms with E-state index in [1.54, 1.807) is 29.3 Å². The molecule has 0 aromatic carbocycles. The molecular formula is C16H12N8O. The number of hydrogen-bond donors (Lipinski definition) is 0. The fourth-order valence-electron chi connectivity index (χ4n) is 2.80. The molecule has 4 rings (SSSR count). The average molecular weight is 332 g/mol. The van der Waals surface area contributed by atoms with Gasteiger partial charge >= 0.3 is 0 Å². The second-order valence-electron chi connectivity index (χ2n) is 5.58. The van der Waals surface area contributed by atoms with Gasteiger partial charge in [-0.1, -0.05) is 11.2 Å². The van der Waals surface area contributed by atoms with Gasteiger partial charge in [0.05, 0.1) is 18.0 Å². The van der Waals surface area contributed by atoms with E-state index in [1.165, 1.54) is 10.9 Å². The minimum Gasteiger partial charge on any atom is -0.332 e. The van der Waals surface area contributed by atoms with E-state index in [0.717, 1.165) is 12.8 Å². The molecule has 0 spiro atoms. The van der Waals surface area contributed by atoms with Crippen LogP contribution in [0.15, 0.2) is 35.1 Å². The fourth-order valence-corrected chi connectivity index (χ4v) is 2.80. The summed E-state index contributed by atoms with van der Waals surface area (Å²) in [5.74, 6) is 1.32. The van der Waals surface area contributed by atoms with Crippen LogP contribution in [0.25, 0.3) is 17.4 Å². The Morgan fingerprint density at radius 2 is 2.16 bits per heavy atom. The van der Waals surface area contributed by atoms with Gasteiger partial charge in [0, 0.05) is 6.54 Å². The van der Waals surface area contributed by atoms with Gasteiger partial charge < -0.3 is 4.52 Å². The summed E-state index contributed by atoms with van der Waals surface area (Å²) in [6, 6.07) is 7.20. The third-order valence-corrected chi connectivity index (χ3v) is 4.02. The van der Waals surface area contributed by atoms with Crippen molar-refractivity contribution < 1.29 is 4.52 Å². The standard InChI is InChI=1S/C16H12N8O/c17-7-11-8-19-24(9-11)14-5-1-3-12(20-14)16-21-15(22-25-16)13-4-2-6-23(13)10-18/h1,3,5,8-9,13H,2,4,6H2/t13-/m0/s1. The van der Waals surface area contributed by atoms with Crippen molar-refractivity contribution in [1.82, 2.24) is 29.8 Å². The highest BCUT2D eigenvalue weighted by atomic mass is 16.5. The van der Waals surface area contributed by atoms with Crippen LogP contribution in [0.4, 0.5) is 0 Å². The van der Waals surface area contributed by atoms with Crippen molar-refractivity contribution in [2.75, 3.05) is 6.54 Å². The van der Waals surface area contributed by atoms with Crippen LogP contribution < -0.4 is 0 Å². The van der Waals surface area contributed by atoms with E-state index >= 15 is 0 Å². The highest BCUT2D eigenvalue weighted by Crippen LogP contribution is 2.30. The van der Waals surface area contributed by atoms with Crippen molar-refractivity contribution in [2.24, 2.45) is 0 Å². The van der Waals surface area contributed by atoms with Crippen LogP contribution in [0.3, 0.4) is 0 Å². The Morgan fingerprint density at radius 3 is 2.96 bits per heavy atom. The summed E-state index contributed by atoms with van der Waals surface area (Å²) in [7, 11) is 0. The fraction of sp³-hybridized carbons (Fsp3) is 0.250. The molecule has 1 aliphatic heterocycles. The van der Waals surface area contributed by atoms with Gasteiger partial charge in [-0.25, -0.2) is 9.67 Å². The van der Waals surface area contributed by atoms with Crippen molar-refractivity contribution in [3.05, 3.63) is 42.0 Å². The Morgan fingerprint density at radius 1 is 1.24 bits per heavy atom. The Hall–Kier alpha value is -3.72. The molecule has 4 heterocycles. The molecule has 0 N–H and O–H groups in total. The first-order valence-corrected chi connectivity index (χ1v) is 7.71. The van der Waals surface area contributed by atoms with Crippen molar-refractivity contribution in [3.63, 3.8) is 0 Å². The monoisotopic (exact) mass is 332 g/mol. The number of aromatic nitrogens is 5. The summed E-state index contributed by atoms with van der Waals surface area (Å²) in [4.78, 5) is 10.5. The molecule has 3 aromatic heterocycles. The van der Waals surface area contributed by atoms with E-state index in [2.05, 4.69) is 26.4 Å². The first kappa shape index (κ1) is 14.8. The van der Waals surface area contributed by atoms with Crippen LogP contribution in [0.5, 0.6) is 0 Å². The van der Waals surface area contributed by atoms with E-state index in [1.807, 2.05) is 6.07 Å².